The van der Waals surface area contributed by atoms with Crippen molar-refractivity contribution in [2.75, 3.05) is 11.8 Å². The Labute approximate surface area is 164 Å². The minimum Gasteiger partial charge on any atom is -0.480 e. The van der Waals surface area contributed by atoms with E-state index in [0.29, 0.717) is 18.1 Å². The molecule has 144 valence electrons. The van der Waals surface area contributed by atoms with Crippen LogP contribution in [-0.4, -0.2) is 35.2 Å². The highest BCUT2D eigenvalue weighted by atomic mass is 32.2. The zero-order valence-corrected chi connectivity index (χ0v) is 16.2. The smallest absolute Gasteiger partial charge is 0.259 e. The van der Waals surface area contributed by atoms with Crippen LogP contribution in [0.15, 0.2) is 55.0 Å². The first-order valence-corrected chi connectivity index (χ1v) is 9.64. The summed E-state index contributed by atoms with van der Waals surface area (Å²) in [5.74, 6) is 0.524. The Morgan fingerprint density at radius 2 is 1.96 bits per heavy atom. The van der Waals surface area contributed by atoms with Gasteiger partial charge in [-0.3, -0.25) is 14.0 Å². The van der Waals surface area contributed by atoms with Gasteiger partial charge in [0.15, 0.2) is 0 Å². The number of pyridine rings is 1. The van der Waals surface area contributed by atoms with Gasteiger partial charge < -0.3 is 9.30 Å². The van der Waals surface area contributed by atoms with E-state index in [4.69, 9.17) is 9.29 Å². The highest BCUT2D eigenvalue weighted by Gasteiger charge is 2.18. The molecule has 8 nitrogen and oxygen atoms in total. The minimum atomic E-state index is -2.08. The summed E-state index contributed by atoms with van der Waals surface area (Å²) in [5, 5.41) is 5.52. The number of methoxy groups -OCH3 is 1. The van der Waals surface area contributed by atoms with Gasteiger partial charge in [0, 0.05) is 43.3 Å². The monoisotopic (exact) mass is 397 g/mol. The highest BCUT2D eigenvalue weighted by molar-refractivity contribution is 7.80. The molecule has 2 N–H and O–H groups in total. The van der Waals surface area contributed by atoms with Crippen LogP contribution < -0.4 is 9.46 Å². The van der Waals surface area contributed by atoms with Crippen LogP contribution >= 0.6 is 0 Å². The Morgan fingerprint density at radius 3 is 2.61 bits per heavy atom. The molecule has 0 bridgehead atoms. The number of rotatable bonds is 6. The average Bonchev–Trinajstić information content (AvgIpc) is 3.28. The maximum absolute atomic E-state index is 10.9. The van der Waals surface area contributed by atoms with Crippen molar-refractivity contribution in [2.24, 2.45) is 7.05 Å². The first-order chi connectivity index (χ1) is 13.5. The molecule has 0 saturated carbocycles. The van der Waals surface area contributed by atoms with Gasteiger partial charge in [0.2, 0.25) is 5.88 Å². The lowest BCUT2D eigenvalue weighted by Gasteiger charge is -2.12. The average molecular weight is 397 g/mol. The molecule has 0 amide bonds. The van der Waals surface area contributed by atoms with Crippen LogP contribution in [0.25, 0.3) is 22.2 Å². The molecule has 3 heterocycles. The van der Waals surface area contributed by atoms with Gasteiger partial charge in [-0.1, -0.05) is 12.1 Å². The molecule has 0 aliphatic heterocycles. The molecule has 9 heteroatoms. The van der Waals surface area contributed by atoms with Crippen LogP contribution in [0.1, 0.15) is 5.56 Å². The molecule has 3 aromatic heterocycles. The van der Waals surface area contributed by atoms with Crippen LogP contribution in [0, 0.1) is 0 Å². The summed E-state index contributed by atoms with van der Waals surface area (Å²) in [4.78, 5) is 4.42. The molecule has 1 unspecified atom stereocenters. The first kappa shape index (κ1) is 18.2. The minimum absolute atomic E-state index is 0.524. The summed E-state index contributed by atoms with van der Waals surface area (Å²) >= 11 is -2.08. The fourth-order valence-corrected chi connectivity index (χ4v) is 3.55. The van der Waals surface area contributed by atoms with Crippen molar-refractivity contribution in [1.82, 2.24) is 19.3 Å². The molecule has 0 radical (unpaired) electrons. The van der Waals surface area contributed by atoms with Crippen LogP contribution in [0.2, 0.25) is 0 Å². The Balaban J connectivity index is 1.77. The van der Waals surface area contributed by atoms with Crippen molar-refractivity contribution in [2.45, 2.75) is 6.54 Å². The third-order valence-electron chi connectivity index (χ3n) is 4.44. The third kappa shape index (κ3) is 3.49. The van der Waals surface area contributed by atoms with E-state index < -0.39 is 11.3 Å². The molecule has 0 fully saturated rings. The summed E-state index contributed by atoms with van der Waals surface area (Å²) < 4.78 is 31.6. The predicted octanol–water partition coefficient (Wildman–Crippen LogP) is 3.04. The molecular weight excluding hydrogens is 378 g/mol. The number of hydrogen-bond donors (Lipinski definition) is 2. The Kier molecular flexibility index (Phi) is 4.84. The predicted molar refractivity (Wildman–Crippen MR) is 108 cm³/mol. The van der Waals surface area contributed by atoms with Gasteiger partial charge in [0.25, 0.3) is 11.3 Å². The third-order valence-corrected chi connectivity index (χ3v) is 4.85. The van der Waals surface area contributed by atoms with E-state index in [0.717, 1.165) is 27.7 Å². The van der Waals surface area contributed by atoms with E-state index in [-0.39, 0.29) is 0 Å². The van der Waals surface area contributed by atoms with E-state index in [1.807, 2.05) is 43.7 Å². The standard InChI is InChI=1S/C19H19N5O3S/c1-23-9-8-16(21-23)17-18-14(11-20-19(17)27-2)7-10-24(18)12-13-3-5-15(6-4-13)22-28(25)26/h3-11,22H,12H2,1-2H3,(H,25,26). The Bertz CT molecular complexity index is 1150. The van der Waals surface area contributed by atoms with Crippen LogP contribution in [0.5, 0.6) is 5.88 Å². The Morgan fingerprint density at radius 1 is 1.18 bits per heavy atom. The zero-order valence-electron chi connectivity index (χ0n) is 15.4. The largest absolute Gasteiger partial charge is 0.480 e. The molecule has 0 saturated heterocycles. The number of ether oxygens (including phenoxy) is 1. The molecular formula is C19H19N5O3S. The van der Waals surface area contributed by atoms with Crippen LogP contribution in [0.4, 0.5) is 5.69 Å². The van der Waals surface area contributed by atoms with Crippen LogP contribution in [0.3, 0.4) is 0 Å². The molecule has 28 heavy (non-hydrogen) atoms. The van der Waals surface area contributed by atoms with Gasteiger partial charge in [-0.05, 0) is 29.8 Å². The molecule has 0 aliphatic carbocycles. The normalized spacial score (nSPS) is 12.2. The van der Waals surface area contributed by atoms with Gasteiger partial charge in [-0.15, -0.1) is 0 Å². The number of anilines is 1. The number of benzene rings is 1. The second kappa shape index (κ2) is 7.45. The molecule has 0 aliphatic rings. The molecule has 1 aromatic carbocycles. The number of fused-ring (bicyclic) bond motifs is 1. The second-order valence-corrected chi connectivity index (χ2v) is 7.02. The topological polar surface area (TPSA) is 94.2 Å². The maximum Gasteiger partial charge on any atom is 0.259 e. The quantitative estimate of drug-likeness (QED) is 0.488. The van der Waals surface area contributed by atoms with Crippen molar-refractivity contribution in [3.05, 3.63) is 60.6 Å². The molecule has 1 atom stereocenters. The highest BCUT2D eigenvalue weighted by Crippen LogP contribution is 2.35. The van der Waals surface area contributed by atoms with E-state index in [1.165, 1.54) is 0 Å². The number of aryl methyl sites for hydroxylation is 1. The maximum atomic E-state index is 10.9. The van der Waals surface area contributed by atoms with Crippen molar-refractivity contribution >= 4 is 27.9 Å². The van der Waals surface area contributed by atoms with Gasteiger partial charge in [0.1, 0.15) is 0 Å². The van der Waals surface area contributed by atoms with Gasteiger partial charge >= 0.3 is 0 Å². The second-order valence-electron chi connectivity index (χ2n) is 6.31. The number of aromatic nitrogens is 4. The number of nitrogens with one attached hydrogen (secondary N) is 1. The summed E-state index contributed by atoms with van der Waals surface area (Å²) in [5.41, 5.74) is 4.27. The van der Waals surface area contributed by atoms with E-state index >= 15 is 0 Å². The summed E-state index contributed by atoms with van der Waals surface area (Å²) in [7, 11) is 3.47. The molecule has 0 spiro atoms. The SMILES string of the molecule is COc1ncc2ccn(Cc3ccc(NS(=O)O)cc3)c2c1-c1ccn(C)n1. The first-order valence-electron chi connectivity index (χ1n) is 8.53. The van der Waals surface area contributed by atoms with Crippen molar-refractivity contribution in [3.63, 3.8) is 0 Å². The molecule has 4 rings (SSSR count). The lowest BCUT2D eigenvalue weighted by Crippen LogP contribution is -2.03. The lowest BCUT2D eigenvalue weighted by molar-refractivity contribution is 0.400. The number of nitrogens with zero attached hydrogens (tertiary/aromatic N) is 4. The van der Waals surface area contributed by atoms with E-state index in [2.05, 4.69) is 19.4 Å². The number of hydrogen-bond acceptors (Lipinski definition) is 4. The lowest BCUT2D eigenvalue weighted by atomic mass is 10.1. The van der Waals surface area contributed by atoms with Gasteiger partial charge in [-0.2, -0.15) is 5.10 Å². The van der Waals surface area contributed by atoms with Crippen molar-refractivity contribution < 1.29 is 13.5 Å². The summed E-state index contributed by atoms with van der Waals surface area (Å²) in [6.45, 7) is 0.624. The van der Waals surface area contributed by atoms with Gasteiger partial charge in [-0.25, -0.2) is 9.19 Å². The van der Waals surface area contributed by atoms with Crippen LogP contribution in [-0.2, 0) is 24.9 Å². The van der Waals surface area contributed by atoms with Gasteiger partial charge in [0.05, 0.1) is 23.9 Å². The van der Waals surface area contributed by atoms with E-state index in [1.54, 1.807) is 30.1 Å². The summed E-state index contributed by atoms with van der Waals surface area (Å²) in [6.07, 6.45) is 5.69. The fourth-order valence-electron chi connectivity index (χ4n) is 3.22. The van der Waals surface area contributed by atoms with Crippen molar-refractivity contribution in [3.8, 4) is 17.1 Å². The zero-order chi connectivity index (χ0) is 19.7. The Hall–Kier alpha value is -3.17. The fraction of sp³-hybridized carbons (Fsp3) is 0.158. The van der Waals surface area contributed by atoms with Crippen molar-refractivity contribution in [1.29, 1.82) is 0 Å². The summed E-state index contributed by atoms with van der Waals surface area (Å²) in [6, 6.07) is 11.3. The van der Waals surface area contributed by atoms with E-state index in [9.17, 15) is 4.21 Å². The molecule has 4 aromatic rings.